The number of aromatic hydroxyl groups is 1. The second kappa shape index (κ2) is 6.25. The molecule has 0 saturated carbocycles. The maximum atomic E-state index is 12.5. The third kappa shape index (κ3) is 3.07. The molecule has 0 saturated heterocycles. The van der Waals surface area contributed by atoms with E-state index < -0.39 is 0 Å². The average molecular weight is 437 g/mol. The summed E-state index contributed by atoms with van der Waals surface area (Å²) < 4.78 is 2.61. The number of phenolic OH excluding ortho intramolecular Hbond substituents is 1. The summed E-state index contributed by atoms with van der Waals surface area (Å²) in [5.41, 5.74) is 0.860. The maximum absolute atomic E-state index is 12.5. The molecule has 23 heavy (non-hydrogen) atoms. The van der Waals surface area contributed by atoms with E-state index in [9.17, 15) is 9.90 Å². The van der Waals surface area contributed by atoms with Gasteiger partial charge in [-0.3, -0.25) is 4.79 Å². The molecule has 0 bridgehead atoms. The molecule has 0 aliphatic rings. The Bertz CT molecular complexity index is 973. The van der Waals surface area contributed by atoms with Crippen molar-refractivity contribution in [1.29, 1.82) is 0 Å². The second-order valence-corrected chi connectivity index (χ2v) is 6.63. The van der Waals surface area contributed by atoms with E-state index in [2.05, 4.69) is 41.9 Å². The Kier molecular flexibility index (Phi) is 4.32. The molecule has 5 nitrogen and oxygen atoms in total. The SMILES string of the molecule is Cc1nc2ccccc2c(=O)n1N=Cc1c(O)cc(Br)cc1Br. The quantitative estimate of drug-likeness (QED) is 0.621. The molecular formula is C16H11Br2N3O2. The minimum atomic E-state index is -0.253. The van der Waals surface area contributed by atoms with Crippen LogP contribution in [0.2, 0.25) is 0 Å². The molecule has 1 N–H and O–H groups in total. The van der Waals surface area contributed by atoms with Crippen LogP contribution in [-0.2, 0) is 0 Å². The molecule has 7 heteroatoms. The molecule has 0 atom stereocenters. The lowest BCUT2D eigenvalue weighted by Crippen LogP contribution is -2.20. The molecule has 0 aliphatic heterocycles. The largest absolute Gasteiger partial charge is 0.507 e. The molecule has 3 aromatic rings. The van der Waals surface area contributed by atoms with Gasteiger partial charge < -0.3 is 5.11 Å². The van der Waals surface area contributed by atoms with Gasteiger partial charge in [0.15, 0.2) is 0 Å². The maximum Gasteiger partial charge on any atom is 0.282 e. The monoisotopic (exact) mass is 435 g/mol. The predicted molar refractivity (Wildman–Crippen MR) is 97.2 cm³/mol. The van der Waals surface area contributed by atoms with Gasteiger partial charge in [-0.05, 0) is 47.1 Å². The van der Waals surface area contributed by atoms with Crippen LogP contribution in [0.1, 0.15) is 11.4 Å². The summed E-state index contributed by atoms with van der Waals surface area (Å²) >= 11 is 6.66. The summed E-state index contributed by atoms with van der Waals surface area (Å²) in [6, 6.07) is 10.5. The van der Waals surface area contributed by atoms with Crippen molar-refractivity contribution in [2.75, 3.05) is 0 Å². The van der Waals surface area contributed by atoms with Gasteiger partial charge in [-0.2, -0.15) is 9.78 Å². The first-order chi connectivity index (χ1) is 11.0. The summed E-state index contributed by atoms with van der Waals surface area (Å²) in [6.45, 7) is 1.71. The van der Waals surface area contributed by atoms with Gasteiger partial charge >= 0.3 is 0 Å². The van der Waals surface area contributed by atoms with Gasteiger partial charge in [0.25, 0.3) is 5.56 Å². The second-order valence-electron chi connectivity index (χ2n) is 4.86. The molecule has 1 heterocycles. The normalized spacial score (nSPS) is 11.4. The molecule has 0 radical (unpaired) electrons. The Morgan fingerprint density at radius 3 is 2.74 bits per heavy atom. The molecular weight excluding hydrogens is 426 g/mol. The van der Waals surface area contributed by atoms with Crippen molar-refractivity contribution >= 4 is 49.0 Å². The third-order valence-corrected chi connectivity index (χ3v) is 4.40. The summed E-state index contributed by atoms with van der Waals surface area (Å²) in [4.78, 5) is 16.9. The van der Waals surface area contributed by atoms with Crippen LogP contribution in [0, 0.1) is 6.92 Å². The van der Waals surface area contributed by atoms with Gasteiger partial charge in [0.05, 0.1) is 22.7 Å². The highest BCUT2D eigenvalue weighted by molar-refractivity contribution is 9.11. The van der Waals surface area contributed by atoms with E-state index in [-0.39, 0.29) is 11.3 Å². The number of hydrogen-bond donors (Lipinski definition) is 1. The standard InChI is InChI=1S/C16H11Br2N3O2/c1-9-20-14-5-3-2-4-11(14)16(23)21(9)19-8-12-13(18)6-10(17)7-15(12)22/h2-8,22H,1H3. The van der Waals surface area contributed by atoms with Gasteiger partial charge in [-0.1, -0.05) is 28.1 Å². The molecule has 0 spiro atoms. The van der Waals surface area contributed by atoms with Crippen molar-refractivity contribution in [3.8, 4) is 5.75 Å². The summed E-state index contributed by atoms with van der Waals surface area (Å²) in [5, 5.41) is 14.7. The van der Waals surface area contributed by atoms with Crippen LogP contribution in [0.25, 0.3) is 10.9 Å². The van der Waals surface area contributed by atoms with Crippen molar-refractivity contribution in [3.63, 3.8) is 0 Å². The van der Waals surface area contributed by atoms with Crippen LogP contribution in [0.4, 0.5) is 0 Å². The first-order valence-electron chi connectivity index (χ1n) is 6.68. The van der Waals surface area contributed by atoms with Gasteiger partial charge in [0, 0.05) is 8.95 Å². The van der Waals surface area contributed by atoms with Crippen LogP contribution in [-0.4, -0.2) is 21.0 Å². The van der Waals surface area contributed by atoms with E-state index in [1.165, 1.54) is 10.9 Å². The number of aromatic nitrogens is 2. The van der Waals surface area contributed by atoms with Gasteiger partial charge in [0.1, 0.15) is 11.6 Å². The molecule has 0 fully saturated rings. The van der Waals surface area contributed by atoms with Crippen molar-refractivity contribution in [2.24, 2.45) is 5.10 Å². The Hall–Kier alpha value is -1.99. The number of benzene rings is 2. The fraction of sp³-hybridized carbons (Fsp3) is 0.0625. The van der Waals surface area contributed by atoms with Gasteiger partial charge in [0.2, 0.25) is 0 Å². The zero-order valence-electron chi connectivity index (χ0n) is 12.0. The Labute approximate surface area is 148 Å². The van der Waals surface area contributed by atoms with E-state index in [4.69, 9.17) is 0 Å². The summed E-state index contributed by atoms with van der Waals surface area (Å²) in [7, 11) is 0. The van der Waals surface area contributed by atoms with Crippen molar-refractivity contribution < 1.29 is 5.11 Å². The topological polar surface area (TPSA) is 67.5 Å². The highest BCUT2D eigenvalue weighted by Gasteiger charge is 2.08. The van der Waals surface area contributed by atoms with Crippen LogP contribution in [0.3, 0.4) is 0 Å². The van der Waals surface area contributed by atoms with Crippen molar-refractivity contribution in [2.45, 2.75) is 6.92 Å². The number of nitrogens with zero attached hydrogens (tertiary/aromatic N) is 3. The first-order valence-corrected chi connectivity index (χ1v) is 8.27. The van der Waals surface area contributed by atoms with Gasteiger partial charge in [-0.15, -0.1) is 0 Å². The average Bonchev–Trinajstić information content (AvgIpc) is 2.49. The third-order valence-electron chi connectivity index (χ3n) is 3.29. The number of fused-ring (bicyclic) bond motifs is 1. The molecule has 0 unspecified atom stereocenters. The molecule has 0 aliphatic carbocycles. The van der Waals surface area contributed by atoms with Crippen LogP contribution >= 0.6 is 31.9 Å². The highest BCUT2D eigenvalue weighted by Crippen LogP contribution is 2.29. The van der Waals surface area contributed by atoms with Crippen molar-refractivity contribution in [1.82, 2.24) is 9.66 Å². The lowest BCUT2D eigenvalue weighted by molar-refractivity contribution is 0.473. The van der Waals surface area contributed by atoms with E-state index in [1.54, 1.807) is 37.3 Å². The minimum absolute atomic E-state index is 0.0504. The number of para-hydroxylation sites is 1. The van der Waals surface area contributed by atoms with Crippen LogP contribution < -0.4 is 5.56 Å². The minimum Gasteiger partial charge on any atom is -0.507 e. The number of aryl methyl sites for hydroxylation is 1. The molecule has 2 aromatic carbocycles. The van der Waals surface area contributed by atoms with E-state index in [1.807, 2.05) is 6.07 Å². The Morgan fingerprint density at radius 1 is 1.26 bits per heavy atom. The molecule has 1 aromatic heterocycles. The highest BCUT2D eigenvalue weighted by atomic mass is 79.9. The number of phenols is 1. The number of rotatable bonds is 2. The first kappa shape index (κ1) is 15.9. The lowest BCUT2D eigenvalue weighted by atomic mass is 10.2. The summed E-state index contributed by atoms with van der Waals surface area (Å²) in [5.74, 6) is 0.520. The Morgan fingerprint density at radius 2 is 2.00 bits per heavy atom. The zero-order valence-corrected chi connectivity index (χ0v) is 15.2. The smallest absolute Gasteiger partial charge is 0.282 e. The fourth-order valence-electron chi connectivity index (χ4n) is 2.19. The summed E-state index contributed by atoms with van der Waals surface area (Å²) in [6.07, 6.45) is 1.43. The predicted octanol–water partition coefficient (Wildman–Crippen LogP) is 3.82. The van der Waals surface area contributed by atoms with E-state index >= 15 is 0 Å². The van der Waals surface area contributed by atoms with E-state index in [0.717, 1.165) is 4.47 Å². The van der Waals surface area contributed by atoms with Crippen LogP contribution in [0.5, 0.6) is 5.75 Å². The lowest BCUT2D eigenvalue weighted by Gasteiger charge is -2.06. The zero-order chi connectivity index (χ0) is 16.6. The number of halogens is 2. The van der Waals surface area contributed by atoms with Crippen LogP contribution in [0.15, 0.2) is 55.2 Å². The van der Waals surface area contributed by atoms with E-state index in [0.29, 0.717) is 26.8 Å². The molecule has 0 amide bonds. The fourth-order valence-corrected chi connectivity index (χ4v) is 3.49. The molecule has 116 valence electrons. The van der Waals surface area contributed by atoms with Gasteiger partial charge in [-0.25, -0.2) is 4.98 Å². The number of hydrogen-bond acceptors (Lipinski definition) is 4. The molecule has 3 rings (SSSR count). The van der Waals surface area contributed by atoms with Crippen molar-refractivity contribution in [3.05, 3.63) is 67.1 Å². The Balaban J connectivity index is 2.14.